The van der Waals surface area contributed by atoms with Crippen LogP contribution in [-0.2, 0) is 0 Å². The van der Waals surface area contributed by atoms with Crippen LogP contribution in [0.25, 0.3) is 0 Å². The van der Waals surface area contributed by atoms with E-state index < -0.39 is 0 Å². The van der Waals surface area contributed by atoms with E-state index in [1.165, 1.54) is 28.0 Å². The summed E-state index contributed by atoms with van der Waals surface area (Å²) in [7, 11) is 1.73. The molecule has 0 saturated heterocycles. The molecule has 0 saturated carbocycles. The van der Waals surface area contributed by atoms with E-state index in [9.17, 15) is 0 Å². The minimum Gasteiger partial charge on any atom is -0.496 e. The molecule has 25 heavy (non-hydrogen) atoms. The first kappa shape index (κ1) is 17.7. The Morgan fingerprint density at radius 2 is 1.48 bits per heavy atom. The topological polar surface area (TPSA) is 21.6 Å². The van der Waals surface area contributed by atoms with E-state index in [0.717, 1.165) is 29.0 Å². The molecule has 0 bridgehead atoms. The Kier molecular flexibility index (Phi) is 4.73. The maximum Gasteiger partial charge on any atom is 0.124 e. The van der Waals surface area contributed by atoms with Gasteiger partial charge in [-0.3, -0.25) is 4.99 Å². The molecule has 0 spiro atoms. The lowest BCUT2D eigenvalue weighted by atomic mass is 9.75. The van der Waals surface area contributed by atoms with E-state index in [2.05, 4.69) is 65.8 Å². The third-order valence-corrected chi connectivity index (χ3v) is 5.75. The standard InChI is InChI=1S/C23H29NO/c1-13-10-20-18(6)15(3)12-22(21(20)11-14(13)2)24-19-8-16(4)23(25-7)17(5)9-19/h8-11,15,18H,12H2,1-7H3/t15-,18-/m0/s1. The molecule has 1 aliphatic rings. The van der Waals surface area contributed by atoms with Gasteiger partial charge in [0.05, 0.1) is 12.8 Å². The van der Waals surface area contributed by atoms with Gasteiger partial charge in [-0.25, -0.2) is 0 Å². The smallest absolute Gasteiger partial charge is 0.124 e. The Balaban J connectivity index is 2.14. The first-order valence-electron chi connectivity index (χ1n) is 9.16. The van der Waals surface area contributed by atoms with Gasteiger partial charge in [-0.1, -0.05) is 19.9 Å². The van der Waals surface area contributed by atoms with Crippen molar-refractivity contribution in [2.75, 3.05) is 7.11 Å². The van der Waals surface area contributed by atoms with E-state index in [1.54, 1.807) is 7.11 Å². The summed E-state index contributed by atoms with van der Waals surface area (Å²) in [6.45, 7) is 13.2. The van der Waals surface area contributed by atoms with Crippen LogP contribution < -0.4 is 4.74 Å². The predicted octanol–water partition coefficient (Wildman–Crippen LogP) is 6.19. The Bertz CT molecular complexity index is 824. The summed E-state index contributed by atoms with van der Waals surface area (Å²) < 4.78 is 5.49. The first-order chi connectivity index (χ1) is 11.8. The second-order valence-electron chi connectivity index (χ2n) is 7.67. The van der Waals surface area contributed by atoms with Crippen molar-refractivity contribution < 1.29 is 4.74 Å². The molecule has 3 rings (SSSR count). The van der Waals surface area contributed by atoms with E-state index in [1.807, 2.05) is 0 Å². The Morgan fingerprint density at radius 3 is 2.08 bits per heavy atom. The number of fused-ring (bicyclic) bond motifs is 1. The van der Waals surface area contributed by atoms with Crippen molar-refractivity contribution in [2.45, 2.75) is 53.9 Å². The van der Waals surface area contributed by atoms with Crippen LogP contribution in [0, 0.1) is 33.6 Å². The zero-order valence-electron chi connectivity index (χ0n) is 16.5. The largest absolute Gasteiger partial charge is 0.496 e. The molecule has 0 aliphatic heterocycles. The van der Waals surface area contributed by atoms with Crippen molar-refractivity contribution >= 4 is 11.4 Å². The Labute approximate surface area is 152 Å². The van der Waals surface area contributed by atoms with Gasteiger partial charge in [-0.2, -0.15) is 0 Å². The minimum absolute atomic E-state index is 0.576. The molecule has 2 atom stereocenters. The van der Waals surface area contributed by atoms with Gasteiger partial charge in [0, 0.05) is 5.71 Å². The number of nitrogens with zero attached hydrogens (tertiary/aromatic N) is 1. The van der Waals surface area contributed by atoms with Crippen molar-refractivity contribution in [1.29, 1.82) is 0 Å². The average Bonchev–Trinajstić information content (AvgIpc) is 2.54. The summed E-state index contributed by atoms with van der Waals surface area (Å²) in [5.41, 5.74) is 10.0. The van der Waals surface area contributed by atoms with Crippen LogP contribution in [0.3, 0.4) is 0 Å². The van der Waals surface area contributed by atoms with Crippen molar-refractivity contribution in [2.24, 2.45) is 10.9 Å². The molecule has 2 heteroatoms. The summed E-state index contributed by atoms with van der Waals surface area (Å²) in [4.78, 5) is 5.07. The van der Waals surface area contributed by atoms with Gasteiger partial charge in [0.1, 0.15) is 5.75 Å². The monoisotopic (exact) mass is 335 g/mol. The van der Waals surface area contributed by atoms with Crippen LogP contribution in [0.15, 0.2) is 29.3 Å². The SMILES string of the molecule is COc1c(C)cc(N=C2C[C@H](C)[C@H](C)c3cc(C)c(C)cc32)cc1C. The van der Waals surface area contributed by atoms with E-state index in [4.69, 9.17) is 9.73 Å². The molecule has 0 heterocycles. The van der Waals surface area contributed by atoms with Crippen LogP contribution in [0.5, 0.6) is 5.75 Å². The fourth-order valence-electron chi connectivity index (χ4n) is 3.94. The van der Waals surface area contributed by atoms with Gasteiger partial charge in [0.2, 0.25) is 0 Å². The highest BCUT2D eigenvalue weighted by Gasteiger charge is 2.27. The normalized spacial score (nSPS) is 21.3. The van der Waals surface area contributed by atoms with Crippen molar-refractivity contribution in [3.05, 3.63) is 57.6 Å². The molecule has 0 unspecified atom stereocenters. The molecular formula is C23H29NO. The van der Waals surface area contributed by atoms with Gasteiger partial charge in [0.15, 0.2) is 0 Å². The van der Waals surface area contributed by atoms with E-state index in [0.29, 0.717) is 11.8 Å². The van der Waals surface area contributed by atoms with Crippen LogP contribution >= 0.6 is 0 Å². The van der Waals surface area contributed by atoms with Gasteiger partial charge < -0.3 is 4.74 Å². The summed E-state index contributed by atoms with van der Waals surface area (Å²) in [5.74, 6) is 2.14. The Morgan fingerprint density at radius 1 is 0.880 bits per heavy atom. The van der Waals surface area contributed by atoms with Crippen LogP contribution in [-0.4, -0.2) is 12.8 Å². The lowest BCUT2D eigenvalue weighted by Crippen LogP contribution is -2.22. The fourth-order valence-corrected chi connectivity index (χ4v) is 3.94. The highest BCUT2D eigenvalue weighted by Crippen LogP contribution is 2.38. The lowest BCUT2D eigenvalue weighted by Gasteiger charge is -2.31. The first-order valence-corrected chi connectivity index (χ1v) is 9.16. The van der Waals surface area contributed by atoms with Crippen molar-refractivity contribution in [3.63, 3.8) is 0 Å². The molecule has 0 fully saturated rings. The van der Waals surface area contributed by atoms with Crippen LogP contribution in [0.4, 0.5) is 5.69 Å². The molecule has 132 valence electrons. The number of aliphatic imine (C=N–C) groups is 1. The maximum atomic E-state index is 5.49. The average molecular weight is 335 g/mol. The molecule has 1 aliphatic carbocycles. The summed E-state index contributed by atoms with van der Waals surface area (Å²) in [6.07, 6.45) is 1.03. The Hall–Kier alpha value is -2.09. The summed E-state index contributed by atoms with van der Waals surface area (Å²) in [6, 6.07) is 8.95. The van der Waals surface area contributed by atoms with Gasteiger partial charge >= 0.3 is 0 Å². The highest BCUT2D eigenvalue weighted by atomic mass is 16.5. The number of methoxy groups -OCH3 is 1. The molecule has 2 aromatic carbocycles. The van der Waals surface area contributed by atoms with Gasteiger partial charge in [-0.05, 0) is 97.5 Å². The number of ether oxygens (including phenoxy) is 1. The predicted molar refractivity (Wildman–Crippen MR) is 107 cm³/mol. The molecule has 0 amide bonds. The summed E-state index contributed by atoms with van der Waals surface area (Å²) >= 11 is 0. The molecule has 0 N–H and O–H groups in total. The molecule has 2 aromatic rings. The molecule has 0 aromatic heterocycles. The van der Waals surface area contributed by atoms with Gasteiger partial charge in [-0.15, -0.1) is 0 Å². The van der Waals surface area contributed by atoms with E-state index >= 15 is 0 Å². The van der Waals surface area contributed by atoms with Gasteiger partial charge in [0.25, 0.3) is 0 Å². The third kappa shape index (κ3) is 3.22. The number of rotatable bonds is 2. The maximum absolute atomic E-state index is 5.49. The second-order valence-corrected chi connectivity index (χ2v) is 7.67. The van der Waals surface area contributed by atoms with Crippen molar-refractivity contribution in [3.8, 4) is 5.75 Å². The second kappa shape index (κ2) is 6.67. The lowest BCUT2D eigenvalue weighted by molar-refractivity contribution is 0.408. The third-order valence-electron chi connectivity index (χ3n) is 5.75. The molecule has 0 radical (unpaired) electrons. The van der Waals surface area contributed by atoms with Crippen LogP contribution in [0.2, 0.25) is 0 Å². The molecule has 2 nitrogen and oxygen atoms in total. The number of hydrogen-bond acceptors (Lipinski definition) is 2. The number of aryl methyl sites for hydroxylation is 4. The van der Waals surface area contributed by atoms with E-state index in [-0.39, 0.29) is 0 Å². The fraction of sp³-hybridized carbons (Fsp3) is 0.435. The summed E-state index contributed by atoms with van der Waals surface area (Å²) in [5, 5.41) is 0. The molecular weight excluding hydrogens is 306 g/mol. The van der Waals surface area contributed by atoms with Crippen LogP contribution in [0.1, 0.15) is 59.6 Å². The minimum atomic E-state index is 0.576. The highest BCUT2D eigenvalue weighted by molar-refractivity contribution is 6.04. The number of hydrogen-bond donors (Lipinski definition) is 0. The van der Waals surface area contributed by atoms with Crippen molar-refractivity contribution in [1.82, 2.24) is 0 Å². The zero-order chi connectivity index (χ0) is 18.3. The zero-order valence-corrected chi connectivity index (χ0v) is 16.5. The quantitative estimate of drug-likeness (QED) is 0.641. The number of benzene rings is 2.